The van der Waals surface area contributed by atoms with E-state index in [-0.39, 0.29) is 108 Å². The number of ketones is 1. The normalized spacial score (nSPS) is 13.5. The Morgan fingerprint density at radius 3 is 1.67 bits per heavy atom. The quantitative estimate of drug-likeness (QED) is 0.181. The fourth-order valence-electron chi connectivity index (χ4n) is 3.40. The molecule has 0 unspecified atom stereocenters. The molecule has 222 valence electrons. The van der Waals surface area contributed by atoms with Gasteiger partial charge >= 0.3 is 5.97 Å². The number of hydrogen-bond acceptors (Lipinski definition) is 10. The number of amides is 3. The van der Waals surface area contributed by atoms with Gasteiger partial charge in [0.05, 0.1) is 70.4 Å². The summed E-state index contributed by atoms with van der Waals surface area (Å²) in [5.41, 5.74) is -0.432. The number of hydrogen-bond donors (Lipinski definition) is 2. The Morgan fingerprint density at radius 2 is 1.26 bits per heavy atom. The molecule has 13 nitrogen and oxygen atoms in total. The number of rotatable bonds is 22. The summed E-state index contributed by atoms with van der Waals surface area (Å²) in [5.74, 6) is -1.25. The number of Topliss-reactive ketones (excluding diaryl/α,β-unsaturated/α-hetero) is 1. The zero-order valence-corrected chi connectivity index (χ0v) is 23.3. The fourth-order valence-corrected chi connectivity index (χ4v) is 3.40. The molecule has 39 heavy (non-hydrogen) atoms. The zero-order chi connectivity index (χ0) is 29.1. The molecular formula is C26H43N3O10. The SMILES string of the molecule is C=C1CCC(=O)N1OC(=O)CCOCC(COCCC(=O)CC)(COCCC(=O)NC)COCCC(=O)NC. The number of ether oxygens (including phenoxy) is 4. The van der Waals surface area contributed by atoms with Gasteiger partial charge in [0, 0.05) is 46.2 Å². The number of nitrogens with one attached hydrogen (secondary N) is 2. The van der Waals surface area contributed by atoms with Crippen LogP contribution in [0.1, 0.15) is 51.9 Å². The van der Waals surface area contributed by atoms with Crippen LogP contribution in [0.15, 0.2) is 12.3 Å². The van der Waals surface area contributed by atoms with Crippen LogP contribution in [0.3, 0.4) is 0 Å². The third-order valence-corrected chi connectivity index (χ3v) is 5.84. The van der Waals surface area contributed by atoms with Crippen LogP contribution in [0.25, 0.3) is 0 Å². The molecule has 13 heteroatoms. The second-order valence-electron chi connectivity index (χ2n) is 9.17. The summed E-state index contributed by atoms with van der Waals surface area (Å²) in [6.45, 7) is 6.32. The van der Waals surface area contributed by atoms with E-state index in [0.717, 1.165) is 5.06 Å². The summed E-state index contributed by atoms with van der Waals surface area (Å²) >= 11 is 0. The van der Waals surface area contributed by atoms with E-state index in [2.05, 4.69) is 17.2 Å². The van der Waals surface area contributed by atoms with Crippen LogP contribution in [0.5, 0.6) is 0 Å². The molecule has 0 aromatic carbocycles. The lowest BCUT2D eigenvalue weighted by Gasteiger charge is -2.33. The Kier molecular flexibility index (Phi) is 16.8. The second-order valence-corrected chi connectivity index (χ2v) is 9.17. The van der Waals surface area contributed by atoms with E-state index in [1.165, 1.54) is 14.1 Å². The Bertz CT molecular complexity index is 757. The molecule has 1 aliphatic rings. The highest BCUT2D eigenvalue weighted by atomic mass is 16.7. The van der Waals surface area contributed by atoms with Crippen LogP contribution in [-0.4, -0.2) is 101 Å². The molecule has 1 rings (SSSR count). The molecule has 0 radical (unpaired) electrons. The monoisotopic (exact) mass is 557 g/mol. The fraction of sp³-hybridized carbons (Fsp3) is 0.731. The maximum Gasteiger partial charge on any atom is 0.335 e. The molecule has 0 saturated carbocycles. The van der Waals surface area contributed by atoms with Gasteiger partial charge < -0.3 is 34.4 Å². The highest BCUT2D eigenvalue weighted by molar-refractivity contribution is 5.82. The smallest absolute Gasteiger partial charge is 0.335 e. The van der Waals surface area contributed by atoms with Crippen LogP contribution < -0.4 is 10.6 Å². The summed E-state index contributed by atoms with van der Waals surface area (Å²) < 4.78 is 23.1. The third kappa shape index (κ3) is 14.2. The highest BCUT2D eigenvalue weighted by Gasteiger charge is 2.33. The Labute approximate surface area is 229 Å². The molecule has 0 atom stereocenters. The van der Waals surface area contributed by atoms with Crippen molar-refractivity contribution in [2.45, 2.75) is 51.9 Å². The van der Waals surface area contributed by atoms with Gasteiger partial charge in [0.25, 0.3) is 5.91 Å². The molecule has 0 aromatic heterocycles. The van der Waals surface area contributed by atoms with E-state index in [1.54, 1.807) is 6.92 Å². The number of carbonyl (C=O) groups is 5. The Morgan fingerprint density at radius 1 is 0.795 bits per heavy atom. The van der Waals surface area contributed by atoms with Gasteiger partial charge in [-0.25, -0.2) is 4.79 Å². The van der Waals surface area contributed by atoms with Gasteiger partial charge in [-0.05, 0) is 6.42 Å². The lowest BCUT2D eigenvalue weighted by atomic mass is 9.92. The first kappa shape index (κ1) is 34.2. The van der Waals surface area contributed by atoms with Crippen molar-refractivity contribution in [2.24, 2.45) is 5.41 Å². The van der Waals surface area contributed by atoms with Crippen molar-refractivity contribution < 1.29 is 47.8 Å². The lowest BCUT2D eigenvalue weighted by molar-refractivity contribution is -0.188. The van der Waals surface area contributed by atoms with E-state index >= 15 is 0 Å². The summed E-state index contributed by atoms with van der Waals surface area (Å²) in [5, 5.41) is 5.97. The predicted molar refractivity (Wildman–Crippen MR) is 139 cm³/mol. The van der Waals surface area contributed by atoms with Crippen LogP contribution in [0.4, 0.5) is 0 Å². The molecule has 1 saturated heterocycles. The maximum atomic E-state index is 12.2. The van der Waals surface area contributed by atoms with Crippen molar-refractivity contribution in [1.29, 1.82) is 0 Å². The largest absolute Gasteiger partial charge is 0.380 e. The summed E-state index contributed by atoms with van der Waals surface area (Å²) in [6, 6.07) is 0. The minimum absolute atomic E-state index is 0.0140. The van der Waals surface area contributed by atoms with Crippen molar-refractivity contribution >= 4 is 29.5 Å². The van der Waals surface area contributed by atoms with E-state index in [4.69, 9.17) is 23.8 Å². The topological polar surface area (TPSA) is 159 Å². The molecule has 0 aromatic rings. The van der Waals surface area contributed by atoms with Crippen molar-refractivity contribution in [3.05, 3.63) is 12.3 Å². The summed E-state index contributed by atoms with van der Waals surface area (Å²) in [7, 11) is 3.07. The van der Waals surface area contributed by atoms with E-state index < -0.39 is 11.4 Å². The molecule has 0 spiro atoms. The van der Waals surface area contributed by atoms with E-state index in [1.807, 2.05) is 0 Å². The number of hydroxylamine groups is 2. The minimum Gasteiger partial charge on any atom is -0.380 e. The average molecular weight is 558 g/mol. The zero-order valence-electron chi connectivity index (χ0n) is 23.3. The molecule has 3 amide bonds. The number of allylic oxidation sites excluding steroid dienone is 1. The van der Waals surface area contributed by atoms with Gasteiger partial charge in [-0.3, -0.25) is 19.2 Å². The summed E-state index contributed by atoms with van der Waals surface area (Å²) in [6.07, 6.45) is 1.55. The predicted octanol–water partition coefficient (Wildman–Crippen LogP) is 0.665. The van der Waals surface area contributed by atoms with Gasteiger partial charge in [0.15, 0.2) is 0 Å². The van der Waals surface area contributed by atoms with Crippen molar-refractivity contribution in [1.82, 2.24) is 15.7 Å². The van der Waals surface area contributed by atoms with Gasteiger partial charge in [-0.15, -0.1) is 5.06 Å². The molecule has 0 bridgehead atoms. The van der Waals surface area contributed by atoms with Gasteiger partial charge in [0.1, 0.15) is 5.78 Å². The molecule has 1 heterocycles. The van der Waals surface area contributed by atoms with Gasteiger partial charge in [-0.2, -0.15) is 0 Å². The number of nitrogens with zero attached hydrogens (tertiary/aromatic N) is 1. The standard InChI is InChI=1S/C26H43N3O10/c1-5-21(30)8-12-35-16-26(17-36-13-9-22(31)27-3,18-37-14-10-23(32)28-4)19-38-15-11-25(34)39-29-20(2)6-7-24(29)33/h2,5-19H2,1,3-4H3,(H,27,31)(H,28,32). The van der Waals surface area contributed by atoms with E-state index in [9.17, 15) is 24.0 Å². The highest BCUT2D eigenvalue weighted by Crippen LogP contribution is 2.23. The molecule has 2 N–H and O–H groups in total. The first-order valence-electron chi connectivity index (χ1n) is 13.1. The molecule has 1 aliphatic heterocycles. The lowest BCUT2D eigenvalue weighted by Crippen LogP contribution is -2.42. The summed E-state index contributed by atoms with van der Waals surface area (Å²) in [4.78, 5) is 63.9. The van der Waals surface area contributed by atoms with Gasteiger partial charge in [0.2, 0.25) is 11.8 Å². The third-order valence-electron chi connectivity index (χ3n) is 5.84. The first-order chi connectivity index (χ1) is 18.7. The second kappa shape index (κ2) is 19.2. The van der Waals surface area contributed by atoms with Crippen molar-refractivity contribution in [3.8, 4) is 0 Å². The van der Waals surface area contributed by atoms with Gasteiger partial charge in [-0.1, -0.05) is 13.5 Å². The van der Waals surface area contributed by atoms with Crippen LogP contribution in [0.2, 0.25) is 0 Å². The molecule has 0 aliphatic carbocycles. The average Bonchev–Trinajstić information content (AvgIpc) is 3.25. The molecular weight excluding hydrogens is 514 g/mol. The Balaban J connectivity index is 2.77. The van der Waals surface area contributed by atoms with Crippen LogP contribution >= 0.6 is 0 Å². The first-order valence-corrected chi connectivity index (χ1v) is 13.1. The van der Waals surface area contributed by atoms with Crippen LogP contribution in [0, 0.1) is 5.41 Å². The van der Waals surface area contributed by atoms with Crippen molar-refractivity contribution in [2.75, 3.05) is 67.0 Å². The van der Waals surface area contributed by atoms with E-state index in [0.29, 0.717) is 18.5 Å². The number of carbonyl (C=O) groups excluding carboxylic acids is 5. The van der Waals surface area contributed by atoms with Crippen molar-refractivity contribution in [3.63, 3.8) is 0 Å². The Hall–Kier alpha value is -2.87. The minimum atomic E-state index is -0.857. The molecule has 1 fully saturated rings. The van der Waals surface area contributed by atoms with Crippen LogP contribution in [-0.2, 0) is 47.8 Å². The maximum absolute atomic E-state index is 12.2.